The van der Waals surface area contributed by atoms with Gasteiger partial charge in [-0.2, -0.15) is 0 Å². The second-order valence-corrected chi connectivity index (χ2v) is 15.9. The minimum absolute atomic E-state index is 0.544. The van der Waals surface area contributed by atoms with Crippen molar-refractivity contribution in [3.63, 3.8) is 0 Å². The summed E-state index contributed by atoms with van der Waals surface area (Å²) in [4.78, 5) is 16.0. The van der Waals surface area contributed by atoms with Gasteiger partial charge in [0.15, 0.2) is 17.5 Å². The average Bonchev–Trinajstić information content (AvgIpc) is 3.93. The number of hydrogen-bond donors (Lipinski definition) is 0. The fourth-order valence-corrected chi connectivity index (χ4v) is 9.41. The molecule has 0 N–H and O–H groups in total. The molecule has 5 nitrogen and oxygen atoms in total. The lowest BCUT2D eigenvalue weighted by molar-refractivity contribution is 0.669. The normalized spacial score (nSPS) is 11.9. The van der Waals surface area contributed by atoms with Crippen molar-refractivity contribution in [2.24, 2.45) is 0 Å². The van der Waals surface area contributed by atoms with Gasteiger partial charge in [0.1, 0.15) is 22.3 Å². The highest BCUT2D eigenvalue weighted by atomic mass is 16.3. The van der Waals surface area contributed by atoms with Gasteiger partial charge in [0.25, 0.3) is 0 Å². The fourth-order valence-electron chi connectivity index (χ4n) is 9.41. The van der Waals surface area contributed by atoms with Crippen LogP contribution in [-0.4, -0.2) is 15.0 Å². The first-order chi connectivity index (χ1) is 30.7. The first kappa shape index (κ1) is 34.5. The summed E-state index contributed by atoms with van der Waals surface area (Å²) in [5, 5.41) is 10.9. The second kappa shape index (κ2) is 13.6. The van der Waals surface area contributed by atoms with Crippen LogP contribution in [0.15, 0.2) is 209 Å². The Morgan fingerprint density at radius 3 is 1.63 bits per heavy atom. The van der Waals surface area contributed by atoms with E-state index in [1.54, 1.807) is 0 Å². The van der Waals surface area contributed by atoms with Crippen molar-refractivity contribution in [1.82, 2.24) is 15.0 Å². The molecule has 0 spiro atoms. The van der Waals surface area contributed by atoms with Crippen LogP contribution in [0, 0.1) is 0 Å². The molecule has 288 valence electrons. The Labute approximate surface area is 355 Å². The standard InChI is InChI=1S/C57H33N3O2/c1-2-13-34(14-3-1)35-25-26-37-32-39(28-27-36(37)31-35)55-58-56(60-57(59-55)48-33-38-15-4-5-16-40(38)53-47-20-9-11-23-50(47)62-54(48)53)45-30-29-43(41-17-6-7-18-42(41)45)44-21-12-24-51-52(44)46-19-8-10-22-49(46)61-51/h1-33H. The van der Waals surface area contributed by atoms with Gasteiger partial charge in [-0.05, 0) is 97.0 Å². The number of rotatable bonds is 5. The predicted octanol–water partition coefficient (Wildman–Crippen LogP) is 15.5. The van der Waals surface area contributed by atoms with Crippen LogP contribution in [0.3, 0.4) is 0 Å². The Balaban J connectivity index is 1.05. The van der Waals surface area contributed by atoms with E-state index in [4.69, 9.17) is 23.8 Å². The number of para-hydroxylation sites is 2. The van der Waals surface area contributed by atoms with Gasteiger partial charge in [0.05, 0.1) is 5.56 Å². The zero-order valence-electron chi connectivity index (χ0n) is 33.2. The molecular weight excluding hydrogens is 759 g/mol. The van der Waals surface area contributed by atoms with Crippen LogP contribution in [0.2, 0.25) is 0 Å². The lowest BCUT2D eigenvalue weighted by atomic mass is 9.92. The molecule has 13 aromatic rings. The maximum Gasteiger partial charge on any atom is 0.167 e. The molecule has 3 heterocycles. The van der Waals surface area contributed by atoms with E-state index in [2.05, 4.69) is 164 Å². The number of aromatic nitrogens is 3. The molecule has 0 amide bonds. The van der Waals surface area contributed by atoms with Gasteiger partial charge in [-0.25, -0.2) is 15.0 Å². The number of furan rings is 2. The van der Waals surface area contributed by atoms with Crippen molar-refractivity contribution < 1.29 is 8.83 Å². The molecule has 0 aliphatic carbocycles. The summed E-state index contributed by atoms with van der Waals surface area (Å²) in [7, 11) is 0. The molecular formula is C57H33N3O2. The van der Waals surface area contributed by atoms with Crippen LogP contribution in [0.25, 0.3) is 133 Å². The number of nitrogens with zero attached hydrogens (tertiary/aromatic N) is 3. The van der Waals surface area contributed by atoms with E-state index in [1.807, 2.05) is 36.4 Å². The lowest BCUT2D eigenvalue weighted by Gasteiger charge is -2.14. The number of hydrogen-bond acceptors (Lipinski definition) is 5. The molecule has 0 saturated carbocycles. The first-order valence-corrected chi connectivity index (χ1v) is 20.8. The Morgan fingerprint density at radius 2 is 0.839 bits per heavy atom. The van der Waals surface area contributed by atoms with Gasteiger partial charge in [-0.15, -0.1) is 0 Å². The third-order valence-electron chi connectivity index (χ3n) is 12.3. The Morgan fingerprint density at radius 1 is 0.274 bits per heavy atom. The quantitative estimate of drug-likeness (QED) is 0.174. The second-order valence-electron chi connectivity index (χ2n) is 15.9. The maximum atomic E-state index is 6.73. The summed E-state index contributed by atoms with van der Waals surface area (Å²) in [6.45, 7) is 0. The largest absolute Gasteiger partial charge is 0.456 e. The van der Waals surface area contributed by atoms with E-state index in [1.165, 1.54) is 11.1 Å². The topological polar surface area (TPSA) is 65.0 Å². The molecule has 0 aliphatic heterocycles. The zero-order valence-corrected chi connectivity index (χ0v) is 33.2. The van der Waals surface area contributed by atoms with Crippen LogP contribution in [0.5, 0.6) is 0 Å². The lowest BCUT2D eigenvalue weighted by Crippen LogP contribution is -2.01. The summed E-state index contributed by atoms with van der Waals surface area (Å²) in [6, 6.07) is 69.8. The minimum Gasteiger partial charge on any atom is -0.456 e. The van der Waals surface area contributed by atoms with Gasteiger partial charge in [-0.1, -0.05) is 158 Å². The number of benzene rings is 10. The molecule has 0 radical (unpaired) electrons. The molecule has 0 fully saturated rings. The zero-order chi connectivity index (χ0) is 40.7. The third-order valence-corrected chi connectivity index (χ3v) is 12.3. The van der Waals surface area contributed by atoms with Gasteiger partial charge in [0.2, 0.25) is 0 Å². The highest BCUT2D eigenvalue weighted by Crippen LogP contribution is 2.44. The highest BCUT2D eigenvalue weighted by molar-refractivity contribution is 6.22. The fraction of sp³-hybridized carbons (Fsp3) is 0. The van der Waals surface area contributed by atoms with Crippen molar-refractivity contribution >= 4 is 76.2 Å². The van der Waals surface area contributed by atoms with Crippen LogP contribution in [0.4, 0.5) is 0 Å². The van der Waals surface area contributed by atoms with Crippen LogP contribution >= 0.6 is 0 Å². The molecule has 0 aliphatic rings. The summed E-state index contributed by atoms with van der Waals surface area (Å²) in [6.07, 6.45) is 0. The van der Waals surface area contributed by atoms with E-state index in [0.29, 0.717) is 17.5 Å². The SMILES string of the molecule is c1ccc(-c2ccc3cc(-c4nc(-c5ccc(-c6cccc7oc8ccccc8c67)c6ccccc56)nc(-c5cc6ccccc6c6c5oc5ccccc56)n4)ccc3c2)cc1. The Hall–Kier alpha value is -8.41. The summed E-state index contributed by atoms with van der Waals surface area (Å²) >= 11 is 0. The molecule has 13 rings (SSSR count). The number of fused-ring (bicyclic) bond motifs is 10. The van der Waals surface area contributed by atoms with Crippen molar-refractivity contribution in [3.05, 3.63) is 200 Å². The van der Waals surface area contributed by atoms with E-state index in [-0.39, 0.29) is 0 Å². The van der Waals surface area contributed by atoms with Crippen molar-refractivity contribution in [2.75, 3.05) is 0 Å². The average molecular weight is 792 g/mol. The predicted molar refractivity (Wildman–Crippen MR) is 254 cm³/mol. The van der Waals surface area contributed by atoms with Gasteiger partial charge in [0, 0.05) is 32.7 Å². The maximum absolute atomic E-state index is 6.73. The smallest absolute Gasteiger partial charge is 0.167 e. The summed E-state index contributed by atoms with van der Waals surface area (Å²) in [5.74, 6) is 1.71. The molecule has 10 aromatic carbocycles. The minimum atomic E-state index is 0.544. The Bertz CT molecular complexity index is 3940. The van der Waals surface area contributed by atoms with E-state index in [9.17, 15) is 0 Å². The monoisotopic (exact) mass is 791 g/mol. The molecule has 62 heavy (non-hydrogen) atoms. The Kier molecular flexibility index (Phi) is 7.54. The molecule has 5 heteroatoms. The van der Waals surface area contributed by atoms with E-state index < -0.39 is 0 Å². The summed E-state index contributed by atoms with van der Waals surface area (Å²) in [5.41, 5.74) is 10.5. The highest BCUT2D eigenvalue weighted by Gasteiger charge is 2.22. The van der Waals surface area contributed by atoms with Crippen LogP contribution in [0.1, 0.15) is 0 Å². The summed E-state index contributed by atoms with van der Waals surface area (Å²) < 4.78 is 13.1. The van der Waals surface area contributed by atoms with Gasteiger partial charge in [-0.3, -0.25) is 0 Å². The third kappa shape index (κ3) is 5.38. The van der Waals surface area contributed by atoms with Crippen LogP contribution < -0.4 is 0 Å². The van der Waals surface area contributed by atoms with Crippen molar-refractivity contribution in [3.8, 4) is 56.4 Å². The van der Waals surface area contributed by atoms with E-state index >= 15 is 0 Å². The van der Waals surface area contributed by atoms with Crippen molar-refractivity contribution in [1.29, 1.82) is 0 Å². The van der Waals surface area contributed by atoms with Gasteiger partial charge < -0.3 is 8.83 Å². The molecule has 0 bridgehead atoms. The van der Waals surface area contributed by atoms with Crippen LogP contribution in [-0.2, 0) is 0 Å². The van der Waals surface area contributed by atoms with E-state index in [0.717, 1.165) is 104 Å². The van der Waals surface area contributed by atoms with Crippen molar-refractivity contribution in [2.45, 2.75) is 0 Å². The molecule has 0 unspecified atom stereocenters. The molecule has 0 atom stereocenters. The molecule has 0 saturated heterocycles. The first-order valence-electron chi connectivity index (χ1n) is 20.8. The molecule has 3 aromatic heterocycles. The van der Waals surface area contributed by atoms with Gasteiger partial charge >= 0.3 is 0 Å².